The number of aliphatic carboxylic acids is 1. The van der Waals surface area contributed by atoms with Crippen LogP contribution in [0.3, 0.4) is 0 Å². The monoisotopic (exact) mass is 606 g/mol. The lowest BCUT2D eigenvalue weighted by Gasteiger charge is -2.37. The largest absolute Gasteiger partial charge is 0.488 e. The number of carbonyl (C=O) groups is 1. The molecule has 1 aromatic heterocycles. The van der Waals surface area contributed by atoms with Gasteiger partial charge in [-0.3, -0.25) is 9.69 Å². The summed E-state index contributed by atoms with van der Waals surface area (Å²) < 4.78 is 29.8. The van der Waals surface area contributed by atoms with Crippen LogP contribution < -0.4 is 9.64 Å². The van der Waals surface area contributed by atoms with Gasteiger partial charge in [-0.05, 0) is 67.5 Å². The van der Waals surface area contributed by atoms with Crippen LogP contribution in [0.15, 0.2) is 41.8 Å². The van der Waals surface area contributed by atoms with Gasteiger partial charge in [0.05, 0.1) is 34.8 Å². The van der Waals surface area contributed by atoms with Crippen LogP contribution in [0, 0.1) is 24.2 Å². The van der Waals surface area contributed by atoms with E-state index in [1.54, 1.807) is 17.4 Å². The van der Waals surface area contributed by atoms with Gasteiger partial charge in [0.2, 0.25) is 0 Å². The van der Waals surface area contributed by atoms with Crippen molar-refractivity contribution in [3.05, 3.63) is 64.0 Å². The molecule has 6 rings (SSSR count). The fraction of sp³-hybridized carbons (Fsp3) is 0.452. The predicted molar refractivity (Wildman–Crippen MR) is 161 cm³/mol. The molecule has 2 unspecified atom stereocenters. The first-order chi connectivity index (χ1) is 20.2. The Labute approximate surface area is 250 Å². The molecule has 4 heterocycles. The molecule has 220 valence electrons. The Balaban J connectivity index is 1.16. The lowest BCUT2D eigenvalue weighted by Crippen LogP contribution is -2.44. The first-order valence-electron chi connectivity index (χ1n) is 14.3. The molecule has 3 fully saturated rings. The van der Waals surface area contributed by atoms with Crippen LogP contribution in [0.1, 0.15) is 47.9 Å². The molecular weight excluding hydrogens is 572 g/mol. The molecule has 9 nitrogen and oxygen atoms in total. The molecule has 42 heavy (non-hydrogen) atoms. The van der Waals surface area contributed by atoms with E-state index in [0.717, 1.165) is 52.5 Å². The number of nitrogens with zero attached hydrogens (tertiary/aromatic N) is 4. The molecule has 3 aromatic rings. The third kappa shape index (κ3) is 6.02. The number of rotatable bonds is 8. The van der Waals surface area contributed by atoms with Crippen LogP contribution in [0.5, 0.6) is 5.75 Å². The Morgan fingerprint density at radius 1 is 1.14 bits per heavy atom. The first-order valence-corrected chi connectivity index (χ1v) is 17.0. The Morgan fingerprint density at radius 3 is 2.55 bits per heavy atom. The molecule has 0 aliphatic carbocycles. The Morgan fingerprint density at radius 2 is 1.88 bits per heavy atom. The summed E-state index contributed by atoms with van der Waals surface area (Å²) in [5.41, 5.74) is 5.33. The third-order valence-corrected chi connectivity index (χ3v) is 11.3. The molecular formula is C31H34N4O5S2. The topological polar surface area (TPSA) is 124 Å². The molecule has 2 atom stereocenters. The highest BCUT2D eigenvalue weighted by Gasteiger charge is 2.44. The van der Waals surface area contributed by atoms with Crippen LogP contribution in [-0.2, 0) is 27.8 Å². The molecule has 2 bridgehead atoms. The average molecular weight is 607 g/mol. The van der Waals surface area contributed by atoms with Crippen molar-refractivity contribution in [2.45, 2.75) is 57.8 Å². The van der Waals surface area contributed by atoms with E-state index in [1.165, 1.54) is 0 Å². The van der Waals surface area contributed by atoms with Gasteiger partial charge >= 0.3 is 5.97 Å². The summed E-state index contributed by atoms with van der Waals surface area (Å²) in [5.74, 6) is 0.0970. The second kappa shape index (κ2) is 11.7. The number of fused-ring (bicyclic) bond motifs is 2. The van der Waals surface area contributed by atoms with Crippen molar-refractivity contribution in [2.75, 3.05) is 29.5 Å². The summed E-state index contributed by atoms with van der Waals surface area (Å²) in [6.07, 6.45) is 3.27. The number of sulfone groups is 1. The lowest BCUT2D eigenvalue weighted by atomic mass is 9.91. The summed E-state index contributed by atoms with van der Waals surface area (Å²) in [6, 6.07) is 14.3. The highest BCUT2D eigenvalue weighted by atomic mass is 32.2. The third-order valence-electron chi connectivity index (χ3n) is 8.81. The number of hydrogen-bond acceptors (Lipinski definition) is 9. The molecule has 0 radical (unpaired) electrons. The standard InChI is InChI=1S/C31H34N4O5S2/c1-20-12-22(17-34-8-10-42(38,39)11-9-34)2-4-23(20)18-40-29-7-3-21(16-32)13-27(29)28-19-41-31(33-28)35-25-5-6-26(35)15-24(14-25)30(36)37/h2-4,7,12-13,19,24-26H,5-6,8-11,14-15,17-18H2,1H3,(H,36,37). The average Bonchev–Trinajstić information content (AvgIpc) is 3.55. The number of aryl methyl sites for hydroxylation is 1. The minimum absolute atomic E-state index is 0.193. The van der Waals surface area contributed by atoms with Gasteiger partial charge in [0.25, 0.3) is 0 Å². The van der Waals surface area contributed by atoms with Crippen molar-refractivity contribution in [2.24, 2.45) is 5.92 Å². The summed E-state index contributed by atoms with van der Waals surface area (Å²) in [4.78, 5) is 21.1. The van der Waals surface area contributed by atoms with Gasteiger partial charge in [-0.2, -0.15) is 5.26 Å². The predicted octanol–water partition coefficient (Wildman–Crippen LogP) is 4.63. The first kappa shape index (κ1) is 28.6. The summed E-state index contributed by atoms with van der Waals surface area (Å²) in [7, 11) is -2.90. The fourth-order valence-corrected chi connectivity index (χ4v) is 8.71. The molecule has 11 heteroatoms. The van der Waals surface area contributed by atoms with Gasteiger partial charge in [-0.15, -0.1) is 11.3 Å². The number of piperidine rings is 1. The van der Waals surface area contributed by atoms with Gasteiger partial charge in [0.15, 0.2) is 15.0 Å². The Kier molecular flexibility index (Phi) is 7.96. The molecule has 3 saturated heterocycles. The molecule has 0 saturated carbocycles. The maximum Gasteiger partial charge on any atom is 0.306 e. The van der Waals surface area contributed by atoms with Crippen molar-refractivity contribution < 1.29 is 23.1 Å². The van der Waals surface area contributed by atoms with Crippen molar-refractivity contribution in [3.63, 3.8) is 0 Å². The zero-order chi connectivity index (χ0) is 29.4. The summed E-state index contributed by atoms with van der Waals surface area (Å²) in [5, 5.41) is 22.0. The summed E-state index contributed by atoms with van der Waals surface area (Å²) in [6.45, 7) is 4.26. The SMILES string of the molecule is Cc1cc(CN2CCS(=O)(=O)CC2)ccc1COc1ccc(C#N)cc1-c1csc(N2C3CCC2CC(C(=O)O)C3)n1. The van der Waals surface area contributed by atoms with Crippen LogP contribution in [-0.4, -0.2) is 66.1 Å². The van der Waals surface area contributed by atoms with Gasteiger partial charge < -0.3 is 14.7 Å². The molecule has 1 N–H and O–H groups in total. The normalized spacial score (nSPS) is 23.4. The highest BCUT2D eigenvalue weighted by Crippen LogP contribution is 2.44. The number of nitriles is 1. The number of carboxylic acids is 1. The summed E-state index contributed by atoms with van der Waals surface area (Å²) >= 11 is 1.55. The van der Waals surface area contributed by atoms with Gasteiger partial charge in [-0.1, -0.05) is 18.2 Å². The Hall–Kier alpha value is -3.46. The number of anilines is 1. The number of carboxylic acid groups (broad SMARTS) is 1. The van der Waals surface area contributed by atoms with Crippen molar-refractivity contribution >= 4 is 32.3 Å². The fourth-order valence-electron chi connectivity index (χ4n) is 6.46. The molecule has 0 spiro atoms. The van der Waals surface area contributed by atoms with E-state index < -0.39 is 15.8 Å². The maximum absolute atomic E-state index is 11.7. The quantitative estimate of drug-likeness (QED) is 0.391. The maximum atomic E-state index is 11.7. The lowest BCUT2D eigenvalue weighted by molar-refractivity contribution is -0.142. The number of aromatic nitrogens is 1. The van der Waals surface area contributed by atoms with Crippen molar-refractivity contribution in [1.29, 1.82) is 5.26 Å². The van der Waals surface area contributed by atoms with E-state index in [-0.39, 0.29) is 29.5 Å². The molecule has 3 aliphatic rings. The van der Waals surface area contributed by atoms with Crippen LogP contribution in [0.4, 0.5) is 5.13 Å². The zero-order valence-electron chi connectivity index (χ0n) is 23.5. The molecule has 3 aliphatic heterocycles. The number of hydrogen-bond donors (Lipinski definition) is 1. The minimum Gasteiger partial charge on any atom is -0.488 e. The second-order valence-electron chi connectivity index (χ2n) is 11.6. The Bertz CT molecular complexity index is 1620. The number of benzene rings is 2. The van der Waals surface area contributed by atoms with E-state index in [1.807, 2.05) is 17.5 Å². The number of thiazole rings is 1. The van der Waals surface area contributed by atoms with E-state index in [4.69, 9.17) is 9.72 Å². The molecule has 0 amide bonds. The van der Waals surface area contributed by atoms with Gasteiger partial charge in [-0.25, -0.2) is 13.4 Å². The van der Waals surface area contributed by atoms with Crippen molar-refractivity contribution in [1.82, 2.24) is 9.88 Å². The second-order valence-corrected chi connectivity index (χ2v) is 14.8. The smallest absolute Gasteiger partial charge is 0.306 e. The molecule has 2 aromatic carbocycles. The van der Waals surface area contributed by atoms with E-state index in [0.29, 0.717) is 43.9 Å². The van der Waals surface area contributed by atoms with Crippen LogP contribution in [0.25, 0.3) is 11.3 Å². The minimum atomic E-state index is -2.90. The van der Waals surface area contributed by atoms with Crippen LogP contribution >= 0.6 is 11.3 Å². The van der Waals surface area contributed by atoms with E-state index in [9.17, 15) is 23.6 Å². The van der Waals surface area contributed by atoms with E-state index in [2.05, 4.69) is 41.0 Å². The highest BCUT2D eigenvalue weighted by molar-refractivity contribution is 7.91. The van der Waals surface area contributed by atoms with Crippen LogP contribution in [0.2, 0.25) is 0 Å². The van der Waals surface area contributed by atoms with Gasteiger partial charge in [0, 0.05) is 42.7 Å². The van der Waals surface area contributed by atoms with Crippen molar-refractivity contribution in [3.8, 4) is 23.1 Å². The zero-order valence-corrected chi connectivity index (χ0v) is 25.2. The number of ether oxygens (including phenoxy) is 1. The van der Waals surface area contributed by atoms with Gasteiger partial charge in [0.1, 0.15) is 12.4 Å². The van der Waals surface area contributed by atoms with E-state index >= 15 is 0 Å².